The number of esters is 1. The number of anilines is 1. The van der Waals surface area contributed by atoms with Crippen LogP contribution >= 0.6 is 0 Å². The highest BCUT2D eigenvalue weighted by molar-refractivity contribution is 5.81. The van der Waals surface area contributed by atoms with E-state index in [9.17, 15) is 9.59 Å². The first kappa shape index (κ1) is 17.0. The topological polar surface area (TPSA) is 90.5 Å². The van der Waals surface area contributed by atoms with Crippen molar-refractivity contribution in [1.29, 1.82) is 0 Å². The Morgan fingerprint density at radius 2 is 2.10 bits per heavy atom. The number of hydrogen-bond donors (Lipinski definition) is 1. The maximum Gasteiger partial charge on any atom is 0.325 e. The van der Waals surface area contributed by atoms with Crippen LogP contribution in [0.15, 0.2) is 12.3 Å². The van der Waals surface area contributed by atoms with E-state index in [1.54, 1.807) is 12.3 Å². The number of nitrogens with zero attached hydrogens (tertiary/aromatic N) is 3. The Labute approximate surface area is 125 Å². The molecule has 0 aliphatic heterocycles. The van der Waals surface area contributed by atoms with E-state index in [0.717, 1.165) is 12.8 Å². The van der Waals surface area contributed by atoms with Gasteiger partial charge in [0.1, 0.15) is 18.9 Å². The van der Waals surface area contributed by atoms with E-state index in [1.165, 1.54) is 16.7 Å². The standard InChI is InChI=1S/C14H24N4O3/c1-4-11(5-2)8-17(10-14(20)21-3)13(19)9-18-7-6-12(15)16-18/h6-7,11H,4-5,8-10H2,1-3H3,(H2,15,16). The molecule has 1 amide bonds. The molecule has 0 saturated heterocycles. The number of hydrogen-bond acceptors (Lipinski definition) is 5. The number of nitrogens with two attached hydrogens (primary N) is 1. The van der Waals surface area contributed by atoms with Gasteiger partial charge >= 0.3 is 5.97 Å². The molecular formula is C14H24N4O3. The fourth-order valence-corrected chi connectivity index (χ4v) is 2.04. The highest BCUT2D eigenvalue weighted by atomic mass is 16.5. The monoisotopic (exact) mass is 296 g/mol. The summed E-state index contributed by atoms with van der Waals surface area (Å²) in [5, 5.41) is 3.98. The second-order valence-corrected chi connectivity index (χ2v) is 4.97. The molecule has 0 aliphatic carbocycles. The number of ether oxygens (including phenoxy) is 1. The van der Waals surface area contributed by atoms with Gasteiger partial charge in [-0.2, -0.15) is 5.10 Å². The number of amides is 1. The van der Waals surface area contributed by atoms with Crippen LogP contribution < -0.4 is 5.73 Å². The van der Waals surface area contributed by atoms with Crippen molar-refractivity contribution in [3.63, 3.8) is 0 Å². The first-order valence-electron chi connectivity index (χ1n) is 7.13. The predicted octanol–water partition coefficient (Wildman–Crippen LogP) is 0.903. The van der Waals surface area contributed by atoms with Gasteiger partial charge < -0.3 is 15.4 Å². The predicted molar refractivity (Wildman–Crippen MR) is 79.3 cm³/mol. The van der Waals surface area contributed by atoms with Gasteiger partial charge in [-0.15, -0.1) is 0 Å². The second-order valence-electron chi connectivity index (χ2n) is 4.97. The van der Waals surface area contributed by atoms with Gasteiger partial charge in [-0.3, -0.25) is 14.3 Å². The number of methoxy groups -OCH3 is 1. The molecule has 0 radical (unpaired) electrons. The smallest absolute Gasteiger partial charge is 0.325 e. The molecule has 0 aromatic carbocycles. The Morgan fingerprint density at radius 3 is 2.57 bits per heavy atom. The van der Waals surface area contributed by atoms with E-state index in [2.05, 4.69) is 23.7 Å². The molecule has 21 heavy (non-hydrogen) atoms. The zero-order valence-corrected chi connectivity index (χ0v) is 12.9. The first-order valence-corrected chi connectivity index (χ1v) is 7.13. The van der Waals surface area contributed by atoms with E-state index in [0.29, 0.717) is 18.3 Å². The molecule has 1 rings (SSSR count). The minimum Gasteiger partial charge on any atom is -0.468 e. The van der Waals surface area contributed by atoms with Crippen molar-refractivity contribution in [2.24, 2.45) is 5.92 Å². The van der Waals surface area contributed by atoms with Crippen LogP contribution in [0.3, 0.4) is 0 Å². The molecule has 0 fully saturated rings. The Hall–Kier alpha value is -2.05. The molecule has 1 heterocycles. The van der Waals surface area contributed by atoms with Crippen LogP contribution in [0.1, 0.15) is 26.7 Å². The van der Waals surface area contributed by atoms with Crippen LogP contribution in [0.4, 0.5) is 5.82 Å². The summed E-state index contributed by atoms with van der Waals surface area (Å²) in [7, 11) is 1.32. The summed E-state index contributed by atoms with van der Waals surface area (Å²) in [6, 6.07) is 1.62. The molecule has 0 saturated carbocycles. The van der Waals surface area contributed by atoms with E-state index in [1.807, 2.05) is 0 Å². The normalized spacial score (nSPS) is 10.7. The third-order valence-corrected chi connectivity index (χ3v) is 3.49. The molecule has 7 nitrogen and oxygen atoms in total. The summed E-state index contributed by atoms with van der Waals surface area (Å²) in [4.78, 5) is 25.4. The molecule has 7 heteroatoms. The molecule has 1 aromatic heterocycles. The van der Waals surface area contributed by atoms with Crippen LogP contribution in [0.5, 0.6) is 0 Å². The van der Waals surface area contributed by atoms with E-state index in [-0.39, 0.29) is 19.0 Å². The molecule has 0 unspecified atom stereocenters. The van der Waals surface area contributed by atoms with Crippen LogP contribution in [-0.2, 0) is 20.9 Å². The summed E-state index contributed by atoms with van der Waals surface area (Å²) in [5.74, 6) is 0.133. The SMILES string of the molecule is CCC(CC)CN(CC(=O)OC)C(=O)Cn1ccc(N)n1. The fourth-order valence-electron chi connectivity index (χ4n) is 2.04. The van der Waals surface area contributed by atoms with Gasteiger partial charge in [-0.1, -0.05) is 26.7 Å². The third kappa shape index (κ3) is 5.45. The number of nitrogen functional groups attached to an aromatic ring is 1. The number of carbonyl (C=O) groups excluding carboxylic acids is 2. The molecule has 0 atom stereocenters. The van der Waals surface area contributed by atoms with Gasteiger partial charge in [0.25, 0.3) is 0 Å². The van der Waals surface area contributed by atoms with Crippen molar-refractivity contribution in [3.05, 3.63) is 12.3 Å². The minimum atomic E-state index is -0.422. The van der Waals surface area contributed by atoms with E-state index < -0.39 is 5.97 Å². The lowest BCUT2D eigenvalue weighted by molar-refractivity contribution is -0.147. The first-order chi connectivity index (χ1) is 9.99. The molecule has 0 aliphatic rings. The quantitative estimate of drug-likeness (QED) is 0.720. The van der Waals surface area contributed by atoms with E-state index in [4.69, 9.17) is 5.73 Å². The van der Waals surface area contributed by atoms with Crippen LogP contribution in [0, 0.1) is 5.92 Å². The molecule has 118 valence electrons. The van der Waals surface area contributed by atoms with Gasteiger partial charge in [-0.25, -0.2) is 0 Å². The number of rotatable bonds is 8. The second kappa shape index (κ2) is 8.28. The molecule has 2 N–H and O–H groups in total. The Bertz CT molecular complexity index is 469. The summed E-state index contributed by atoms with van der Waals surface area (Å²) in [6.45, 7) is 4.71. The van der Waals surface area contributed by atoms with Gasteiger partial charge in [0, 0.05) is 12.7 Å². The third-order valence-electron chi connectivity index (χ3n) is 3.49. The highest BCUT2D eigenvalue weighted by Gasteiger charge is 2.21. The fraction of sp³-hybridized carbons (Fsp3) is 0.643. The van der Waals surface area contributed by atoms with Crippen molar-refractivity contribution in [2.75, 3.05) is 25.9 Å². The van der Waals surface area contributed by atoms with Gasteiger partial charge in [0.05, 0.1) is 7.11 Å². The molecule has 1 aromatic rings. The Kier molecular flexibility index (Phi) is 6.71. The molecule has 0 spiro atoms. The maximum absolute atomic E-state index is 12.4. The van der Waals surface area contributed by atoms with Crippen molar-refractivity contribution < 1.29 is 14.3 Å². The Morgan fingerprint density at radius 1 is 1.43 bits per heavy atom. The van der Waals surface area contributed by atoms with Crippen LogP contribution in [0.25, 0.3) is 0 Å². The molecular weight excluding hydrogens is 272 g/mol. The Balaban J connectivity index is 2.73. The van der Waals surface area contributed by atoms with E-state index >= 15 is 0 Å². The zero-order chi connectivity index (χ0) is 15.8. The van der Waals surface area contributed by atoms with Crippen LogP contribution in [0.2, 0.25) is 0 Å². The minimum absolute atomic E-state index is 0.0391. The number of carbonyl (C=O) groups is 2. The number of aromatic nitrogens is 2. The van der Waals surface area contributed by atoms with Crippen LogP contribution in [-0.4, -0.2) is 46.8 Å². The van der Waals surface area contributed by atoms with Crippen molar-refractivity contribution >= 4 is 17.7 Å². The largest absolute Gasteiger partial charge is 0.468 e. The van der Waals surface area contributed by atoms with Gasteiger partial charge in [0.2, 0.25) is 5.91 Å². The summed E-state index contributed by atoms with van der Waals surface area (Å²) in [6.07, 6.45) is 3.55. The van der Waals surface area contributed by atoms with Gasteiger partial charge in [0.15, 0.2) is 0 Å². The molecule has 0 bridgehead atoms. The van der Waals surface area contributed by atoms with Crippen molar-refractivity contribution in [2.45, 2.75) is 33.2 Å². The lowest BCUT2D eigenvalue weighted by Gasteiger charge is -2.25. The summed E-state index contributed by atoms with van der Waals surface area (Å²) in [5.41, 5.74) is 5.53. The maximum atomic E-state index is 12.4. The lowest BCUT2D eigenvalue weighted by Crippen LogP contribution is -2.41. The van der Waals surface area contributed by atoms with Gasteiger partial charge in [-0.05, 0) is 12.0 Å². The zero-order valence-electron chi connectivity index (χ0n) is 12.9. The summed E-state index contributed by atoms with van der Waals surface area (Å²) >= 11 is 0. The average molecular weight is 296 g/mol. The summed E-state index contributed by atoms with van der Waals surface area (Å²) < 4.78 is 6.13. The van der Waals surface area contributed by atoms with Crippen molar-refractivity contribution in [1.82, 2.24) is 14.7 Å². The average Bonchev–Trinajstić information content (AvgIpc) is 2.88. The lowest BCUT2D eigenvalue weighted by atomic mass is 10.0. The van der Waals surface area contributed by atoms with Crippen molar-refractivity contribution in [3.8, 4) is 0 Å². The highest BCUT2D eigenvalue weighted by Crippen LogP contribution is 2.11.